The van der Waals surface area contributed by atoms with E-state index in [1.807, 2.05) is 23.4 Å². The van der Waals surface area contributed by atoms with Gasteiger partial charge in [-0.3, -0.25) is 14.5 Å². The van der Waals surface area contributed by atoms with Gasteiger partial charge in [0, 0.05) is 10.9 Å². The van der Waals surface area contributed by atoms with E-state index in [-0.39, 0.29) is 24.8 Å². The molecule has 1 unspecified atom stereocenters. The molecule has 106 valence electrons. The van der Waals surface area contributed by atoms with Crippen LogP contribution < -0.4 is 0 Å². The summed E-state index contributed by atoms with van der Waals surface area (Å²) >= 11 is 1.72. The number of rotatable bonds is 8. The van der Waals surface area contributed by atoms with Gasteiger partial charge in [-0.1, -0.05) is 6.07 Å². The SMILES string of the molecule is CCOC(=O)CC(=O)CN(C)C(C)Cc1cccs1. The van der Waals surface area contributed by atoms with Gasteiger partial charge in [0.25, 0.3) is 0 Å². The van der Waals surface area contributed by atoms with Crippen LogP contribution in [0, 0.1) is 0 Å². The zero-order valence-corrected chi connectivity index (χ0v) is 12.5. The van der Waals surface area contributed by atoms with Gasteiger partial charge in [0.05, 0.1) is 13.2 Å². The summed E-state index contributed by atoms with van der Waals surface area (Å²) in [5, 5.41) is 2.05. The van der Waals surface area contributed by atoms with Gasteiger partial charge in [-0.05, 0) is 38.8 Å². The highest BCUT2D eigenvalue weighted by Gasteiger charge is 2.16. The number of hydrogen-bond donors (Lipinski definition) is 0. The van der Waals surface area contributed by atoms with Crippen LogP contribution in [-0.2, 0) is 20.7 Å². The Morgan fingerprint density at radius 2 is 2.21 bits per heavy atom. The number of carbonyl (C=O) groups excluding carboxylic acids is 2. The summed E-state index contributed by atoms with van der Waals surface area (Å²) < 4.78 is 4.76. The number of carbonyl (C=O) groups is 2. The van der Waals surface area contributed by atoms with E-state index in [9.17, 15) is 9.59 Å². The van der Waals surface area contributed by atoms with E-state index in [1.54, 1.807) is 18.3 Å². The molecule has 1 rings (SSSR count). The normalized spacial score (nSPS) is 12.4. The number of ether oxygens (including phenoxy) is 1. The van der Waals surface area contributed by atoms with Gasteiger partial charge < -0.3 is 4.74 Å². The van der Waals surface area contributed by atoms with Crippen LogP contribution in [0.1, 0.15) is 25.1 Å². The minimum absolute atomic E-state index is 0.0982. The van der Waals surface area contributed by atoms with Crippen LogP contribution >= 0.6 is 11.3 Å². The molecule has 0 aliphatic rings. The Bertz CT molecular complexity index is 403. The predicted molar refractivity (Wildman–Crippen MR) is 76.4 cm³/mol. The molecule has 0 amide bonds. The molecule has 4 nitrogen and oxygen atoms in total. The first-order valence-electron chi connectivity index (χ1n) is 6.42. The van der Waals surface area contributed by atoms with Crippen molar-refractivity contribution in [3.63, 3.8) is 0 Å². The highest BCUT2D eigenvalue weighted by atomic mass is 32.1. The molecule has 5 heteroatoms. The van der Waals surface area contributed by atoms with E-state index >= 15 is 0 Å². The fraction of sp³-hybridized carbons (Fsp3) is 0.571. The third-order valence-corrected chi connectivity index (χ3v) is 3.80. The van der Waals surface area contributed by atoms with E-state index in [2.05, 4.69) is 13.0 Å². The first kappa shape index (κ1) is 15.9. The number of hydrogen-bond acceptors (Lipinski definition) is 5. The highest BCUT2D eigenvalue weighted by molar-refractivity contribution is 7.09. The Kier molecular flexibility index (Phi) is 6.73. The lowest BCUT2D eigenvalue weighted by atomic mass is 10.1. The molecular weight excluding hydrogens is 262 g/mol. The summed E-state index contributed by atoms with van der Waals surface area (Å²) in [5.74, 6) is -0.536. The quantitative estimate of drug-likeness (QED) is 0.541. The fourth-order valence-corrected chi connectivity index (χ4v) is 2.57. The second kappa shape index (κ2) is 8.07. The molecule has 0 bridgehead atoms. The number of nitrogens with zero attached hydrogens (tertiary/aromatic N) is 1. The number of Topliss-reactive ketones (excluding diaryl/α,β-unsaturated/α-hetero) is 1. The van der Waals surface area contributed by atoms with Crippen molar-refractivity contribution in [2.75, 3.05) is 20.2 Å². The molecule has 19 heavy (non-hydrogen) atoms. The topological polar surface area (TPSA) is 46.6 Å². The third-order valence-electron chi connectivity index (χ3n) is 2.90. The molecule has 0 radical (unpaired) electrons. The second-order valence-electron chi connectivity index (χ2n) is 4.57. The van der Waals surface area contributed by atoms with Crippen LogP contribution in [0.2, 0.25) is 0 Å². The van der Waals surface area contributed by atoms with E-state index in [4.69, 9.17) is 4.74 Å². The van der Waals surface area contributed by atoms with Crippen molar-refractivity contribution in [1.29, 1.82) is 0 Å². The minimum Gasteiger partial charge on any atom is -0.466 e. The lowest BCUT2D eigenvalue weighted by Gasteiger charge is -2.23. The van der Waals surface area contributed by atoms with Crippen LogP contribution in [0.5, 0.6) is 0 Å². The molecule has 0 aliphatic carbocycles. The van der Waals surface area contributed by atoms with E-state index in [0.29, 0.717) is 6.61 Å². The Balaban J connectivity index is 2.34. The number of ketones is 1. The van der Waals surface area contributed by atoms with Crippen LogP contribution in [0.25, 0.3) is 0 Å². The van der Waals surface area contributed by atoms with Crippen LogP contribution in [-0.4, -0.2) is 42.9 Å². The Labute approximate surface area is 118 Å². The Morgan fingerprint density at radius 3 is 2.79 bits per heavy atom. The van der Waals surface area contributed by atoms with Crippen molar-refractivity contribution >= 4 is 23.1 Å². The first-order chi connectivity index (χ1) is 9.02. The third kappa shape index (κ3) is 5.98. The molecule has 0 N–H and O–H groups in total. The molecule has 1 heterocycles. The summed E-state index contributed by atoms with van der Waals surface area (Å²) in [7, 11) is 1.90. The molecule has 0 saturated carbocycles. The highest BCUT2D eigenvalue weighted by Crippen LogP contribution is 2.13. The second-order valence-corrected chi connectivity index (χ2v) is 5.60. The average molecular weight is 283 g/mol. The van der Waals surface area contributed by atoms with Gasteiger partial charge in [-0.2, -0.15) is 0 Å². The number of likely N-dealkylation sites (N-methyl/N-ethyl adjacent to an activating group) is 1. The summed E-state index contributed by atoms with van der Waals surface area (Å²) in [6.07, 6.45) is 0.782. The maximum Gasteiger partial charge on any atom is 0.313 e. The van der Waals surface area contributed by atoms with Gasteiger partial charge in [0.1, 0.15) is 6.42 Å². The molecule has 0 fully saturated rings. The Hall–Kier alpha value is -1.20. The smallest absolute Gasteiger partial charge is 0.313 e. The van der Waals surface area contributed by atoms with Gasteiger partial charge >= 0.3 is 5.97 Å². The fourth-order valence-electron chi connectivity index (χ4n) is 1.74. The molecule has 1 aromatic rings. The summed E-state index contributed by atoms with van der Waals surface area (Å²) in [5.41, 5.74) is 0. The molecule has 1 atom stereocenters. The molecule has 0 aromatic carbocycles. The average Bonchev–Trinajstić information content (AvgIpc) is 2.81. The number of esters is 1. The van der Waals surface area contributed by atoms with Gasteiger partial charge in [0.15, 0.2) is 5.78 Å². The predicted octanol–water partition coefficient (Wildman–Crippen LogP) is 2.13. The van der Waals surface area contributed by atoms with E-state index in [1.165, 1.54) is 4.88 Å². The van der Waals surface area contributed by atoms with E-state index < -0.39 is 5.97 Å². The van der Waals surface area contributed by atoms with Crippen LogP contribution in [0.3, 0.4) is 0 Å². The summed E-state index contributed by atoms with van der Waals surface area (Å²) in [6.45, 7) is 4.41. The maximum atomic E-state index is 11.7. The Morgan fingerprint density at radius 1 is 1.47 bits per heavy atom. The lowest BCUT2D eigenvalue weighted by molar-refractivity contribution is -0.145. The summed E-state index contributed by atoms with van der Waals surface area (Å²) in [6, 6.07) is 4.39. The molecule has 0 aliphatic heterocycles. The van der Waals surface area contributed by atoms with Crippen molar-refractivity contribution in [2.45, 2.75) is 32.7 Å². The van der Waals surface area contributed by atoms with E-state index in [0.717, 1.165) is 6.42 Å². The van der Waals surface area contributed by atoms with Gasteiger partial charge in [-0.15, -0.1) is 11.3 Å². The van der Waals surface area contributed by atoms with Gasteiger partial charge in [-0.25, -0.2) is 0 Å². The van der Waals surface area contributed by atoms with Gasteiger partial charge in [0.2, 0.25) is 0 Å². The van der Waals surface area contributed by atoms with Crippen molar-refractivity contribution in [2.24, 2.45) is 0 Å². The number of thiophene rings is 1. The van der Waals surface area contributed by atoms with Crippen molar-refractivity contribution in [3.8, 4) is 0 Å². The standard InChI is InChI=1S/C14H21NO3S/c1-4-18-14(17)9-12(16)10-15(3)11(2)8-13-6-5-7-19-13/h5-7,11H,4,8-10H2,1-3H3. The lowest BCUT2D eigenvalue weighted by Crippen LogP contribution is -2.35. The van der Waals surface area contributed by atoms with Crippen molar-refractivity contribution in [3.05, 3.63) is 22.4 Å². The van der Waals surface area contributed by atoms with Crippen LogP contribution in [0.15, 0.2) is 17.5 Å². The summed E-state index contributed by atoms with van der Waals surface area (Å²) in [4.78, 5) is 26.2. The first-order valence-corrected chi connectivity index (χ1v) is 7.30. The van der Waals surface area contributed by atoms with Crippen molar-refractivity contribution < 1.29 is 14.3 Å². The molecule has 0 spiro atoms. The zero-order valence-electron chi connectivity index (χ0n) is 11.7. The largest absolute Gasteiger partial charge is 0.466 e. The minimum atomic E-state index is -0.438. The maximum absolute atomic E-state index is 11.7. The monoisotopic (exact) mass is 283 g/mol. The zero-order chi connectivity index (χ0) is 14.3. The van der Waals surface area contributed by atoms with Crippen molar-refractivity contribution in [1.82, 2.24) is 4.90 Å². The van der Waals surface area contributed by atoms with Crippen LogP contribution in [0.4, 0.5) is 0 Å². The molecule has 0 saturated heterocycles. The molecular formula is C14H21NO3S. The molecule has 1 aromatic heterocycles.